The molecule has 2 aliphatic rings. The number of aromatic nitrogens is 2. The van der Waals surface area contributed by atoms with E-state index >= 15 is 0 Å². The van der Waals surface area contributed by atoms with Crippen LogP contribution < -0.4 is 10.2 Å². The Balaban J connectivity index is 1.11. The number of rotatable bonds is 7. The molecule has 196 valence electrons. The highest BCUT2D eigenvalue weighted by Crippen LogP contribution is 2.42. The number of anilines is 2. The summed E-state index contributed by atoms with van der Waals surface area (Å²) in [6, 6.07) is 28.2. The van der Waals surface area contributed by atoms with Crippen molar-refractivity contribution in [1.82, 2.24) is 14.5 Å². The quantitative estimate of drug-likeness (QED) is 0.294. The van der Waals surface area contributed by atoms with E-state index in [4.69, 9.17) is 4.98 Å². The van der Waals surface area contributed by atoms with Crippen LogP contribution in [0, 0.1) is 13.8 Å². The van der Waals surface area contributed by atoms with E-state index in [2.05, 4.69) is 52.9 Å². The average Bonchev–Trinajstić information content (AvgIpc) is 3.38. The summed E-state index contributed by atoms with van der Waals surface area (Å²) in [5.41, 5.74) is 5.30. The molecule has 0 saturated carbocycles. The normalized spacial score (nSPS) is 21.1. The Morgan fingerprint density at radius 2 is 1.58 bits per heavy atom. The summed E-state index contributed by atoms with van der Waals surface area (Å²) >= 11 is 0. The lowest BCUT2D eigenvalue weighted by molar-refractivity contribution is 0.107. The van der Waals surface area contributed by atoms with Gasteiger partial charge in [-0.25, -0.2) is 9.78 Å². The van der Waals surface area contributed by atoms with E-state index in [-0.39, 0.29) is 6.03 Å². The smallest absolute Gasteiger partial charge is 0.325 e. The van der Waals surface area contributed by atoms with Crippen molar-refractivity contribution in [2.45, 2.75) is 64.1 Å². The second-order valence-corrected chi connectivity index (χ2v) is 10.9. The van der Waals surface area contributed by atoms with Gasteiger partial charge in [-0.2, -0.15) is 0 Å². The molecule has 0 spiro atoms. The fourth-order valence-corrected chi connectivity index (χ4v) is 6.64. The minimum atomic E-state index is -0.0794. The maximum absolute atomic E-state index is 13.3. The van der Waals surface area contributed by atoms with Gasteiger partial charge in [0.2, 0.25) is 0 Å². The molecule has 3 heterocycles. The lowest BCUT2D eigenvalue weighted by Gasteiger charge is -2.40. The van der Waals surface area contributed by atoms with Gasteiger partial charge in [0.25, 0.3) is 0 Å². The monoisotopic (exact) mass is 507 g/mol. The second kappa shape index (κ2) is 10.6. The van der Waals surface area contributed by atoms with Crippen molar-refractivity contribution >= 4 is 28.4 Å². The number of imidazole rings is 1. The summed E-state index contributed by atoms with van der Waals surface area (Å²) in [6.07, 6.45) is 5.83. The van der Waals surface area contributed by atoms with Crippen molar-refractivity contribution in [3.8, 4) is 0 Å². The van der Waals surface area contributed by atoms with Gasteiger partial charge < -0.3 is 9.88 Å². The maximum Gasteiger partial charge on any atom is 0.326 e. The number of urea groups is 1. The van der Waals surface area contributed by atoms with Crippen LogP contribution in [0.2, 0.25) is 0 Å². The summed E-state index contributed by atoms with van der Waals surface area (Å²) in [7, 11) is 0. The molecule has 2 amide bonds. The Kier molecular flexibility index (Phi) is 6.90. The van der Waals surface area contributed by atoms with Crippen LogP contribution in [0.1, 0.15) is 49.5 Å². The van der Waals surface area contributed by atoms with Crippen LogP contribution in [-0.2, 0) is 0 Å². The average molecular weight is 508 g/mol. The predicted molar refractivity (Wildman–Crippen MR) is 155 cm³/mol. The first-order chi connectivity index (χ1) is 18.6. The Morgan fingerprint density at radius 1 is 0.895 bits per heavy atom. The molecule has 3 atom stereocenters. The molecule has 1 unspecified atom stereocenters. The Hall–Kier alpha value is -3.64. The molecule has 38 heavy (non-hydrogen) atoms. The number of nitrogens with zero attached hydrogens (tertiary/aromatic N) is 4. The van der Waals surface area contributed by atoms with Gasteiger partial charge in [0, 0.05) is 42.6 Å². The van der Waals surface area contributed by atoms with Crippen molar-refractivity contribution in [1.29, 1.82) is 0 Å². The highest BCUT2D eigenvalue weighted by atomic mass is 16.2. The van der Waals surface area contributed by atoms with Gasteiger partial charge in [0.1, 0.15) is 5.82 Å². The number of fused-ring (bicyclic) bond motifs is 3. The third-order valence-corrected chi connectivity index (χ3v) is 8.41. The molecule has 1 N–H and O–H groups in total. The summed E-state index contributed by atoms with van der Waals surface area (Å²) in [5.74, 6) is 1.13. The van der Waals surface area contributed by atoms with Gasteiger partial charge in [-0.3, -0.25) is 9.80 Å². The molecular formula is C32H37N5O. The molecule has 2 fully saturated rings. The van der Waals surface area contributed by atoms with Gasteiger partial charge in [-0.05, 0) is 82.3 Å². The van der Waals surface area contributed by atoms with Gasteiger partial charge >= 0.3 is 6.03 Å². The zero-order valence-corrected chi connectivity index (χ0v) is 22.4. The predicted octanol–water partition coefficient (Wildman–Crippen LogP) is 6.95. The van der Waals surface area contributed by atoms with Crippen LogP contribution >= 0.6 is 0 Å². The van der Waals surface area contributed by atoms with Gasteiger partial charge in [-0.15, -0.1) is 0 Å². The molecule has 0 radical (unpaired) electrons. The number of piperidine rings is 1. The summed E-state index contributed by atoms with van der Waals surface area (Å²) in [4.78, 5) is 22.8. The third-order valence-electron chi connectivity index (χ3n) is 8.41. The highest BCUT2D eigenvalue weighted by molar-refractivity contribution is 6.01. The summed E-state index contributed by atoms with van der Waals surface area (Å²) in [6.45, 7) is 5.91. The number of carbonyl (C=O) groups excluding carboxylic acids is 1. The standard InChI is InChI=1S/C32H37N5O/c1-23-13-15-25(16-14-23)34-32(38)36(26-9-4-3-5-10-26)20-8-19-35-27-17-18-28(35)22-29(21-27)37-24(2)33-30-11-6-7-12-31(30)37/h3-7,9-16,27-29H,8,17-22H2,1-2H3,(H,34,38)/t27-,28+,29?. The molecule has 3 aromatic carbocycles. The highest BCUT2D eigenvalue weighted by Gasteiger charge is 2.41. The maximum atomic E-state index is 13.3. The van der Waals surface area contributed by atoms with E-state index in [0.29, 0.717) is 24.7 Å². The lowest BCUT2D eigenvalue weighted by atomic mass is 9.96. The molecule has 6 heteroatoms. The minimum Gasteiger partial charge on any atom is -0.325 e. The molecule has 1 aromatic heterocycles. The van der Waals surface area contributed by atoms with E-state index in [1.54, 1.807) is 0 Å². The molecule has 4 aromatic rings. The number of carbonyl (C=O) groups is 1. The number of amides is 2. The van der Waals surface area contributed by atoms with Crippen LogP contribution in [0.3, 0.4) is 0 Å². The number of hydrogen-bond donors (Lipinski definition) is 1. The van der Waals surface area contributed by atoms with Crippen molar-refractivity contribution in [3.05, 3.63) is 90.3 Å². The van der Waals surface area contributed by atoms with E-state index in [0.717, 1.165) is 35.7 Å². The summed E-state index contributed by atoms with van der Waals surface area (Å²) < 4.78 is 2.49. The molecule has 0 aliphatic carbocycles. The van der Waals surface area contributed by atoms with Crippen LogP contribution in [0.25, 0.3) is 11.0 Å². The van der Waals surface area contributed by atoms with Crippen molar-refractivity contribution < 1.29 is 4.79 Å². The first kappa shape index (κ1) is 24.7. The van der Waals surface area contributed by atoms with E-state index in [1.807, 2.05) is 59.5 Å². The zero-order valence-electron chi connectivity index (χ0n) is 22.4. The van der Waals surface area contributed by atoms with Gasteiger partial charge in [0.15, 0.2) is 0 Å². The molecule has 6 nitrogen and oxygen atoms in total. The third kappa shape index (κ3) is 4.93. The zero-order chi connectivity index (χ0) is 26.1. The van der Waals surface area contributed by atoms with E-state index in [1.165, 1.54) is 36.8 Å². The number of nitrogens with one attached hydrogen (secondary N) is 1. The molecule has 2 aliphatic heterocycles. The number of para-hydroxylation sites is 3. The SMILES string of the molecule is Cc1ccc(NC(=O)N(CCCN2[C@@H]3CC[C@H]2CC(n2c(C)nc4ccccc42)C3)c2ccccc2)cc1. The molecule has 6 rings (SSSR count). The van der Waals surface area contributed by atoms with Gasteiger partial charge in [0.05, 0.1) is 11.0 Å². The minimum absolute atomic E-state index is 0.0794. The largest absolute Gasteiger partial charge is 0.326 e. The lowest BCUT2D eigenvalue weighted by Crippen LogP contribution is -2.45. The number of benzene rings is 3. The Labute approximate surface area is 225 Å². The molecule has 2 saturated heterocycles. The van der Waals surface area contributed by atoms with Crippen molar-refractivity contribution in [2.75, 3.05) is 23.3 Å². The van der Waals surface area contributed by atoms with Crippen LogP contribution in [0.4, 0.5) is 16.2 Å². The summed E-state index contributed by atoms with van der Waals surface area (Å²) in [5, 5.41) is 3.09. The van der Waals surface area contributed by atoms with E-state index in [9.17, 15) is 4.79 Å². The van der Waals surface area contributed by atoms with Crippen molar-refractivity contribution in [3.63, 3.8) is 0 Å². The van der Waals surface area contributed by atoms with Crippen molar-refractivity contribution in [2.24, 2.45) is 0 Å². The Morgan fingerprint density at radius 3 is 2.32 bits per heavy atom. The molecule has 2 bridgehead atoms. The number of hydrogen-bond acceptors (Lipinski definition) is 3. The van der Waals surface area contributed by atoms with E-state index < -0.39 is 0 Å². The van der Waals surface area contributed by atoms with Crippen LogP contribution in [-0.4, -0.2) is 45.7 Å². The Bertz CT molecular complexity index is 1380. The topological polar surface area (TPSA) is 53.4 Å². The number of aryl methyl sites for hydroxylation is 2. The van der Waals surface area contributed by atoms with Crippen LogP contribution in [0.15, 0.2) is 78.9 Å². The first-order valence-corrected chi connectivity index (χ1v) is 14.0. The fourth-order valence-electron chi connectivity index (χ4n) is 6.64. The fraction of sp³-hybridized carbons (Fsp3) is 0.375. The second-order valence-electron chi connectivity index (χ2n) is 10.9. The molecular weight excluding hydrogens is 470 g/mol. The van der Waals surface area contributed by atoms with Gasteiger partial charge in [-0.1, -0.05) is 48.0 Å². The first-order valence-electron chi connectivity index (χ1n) is 14.0. The van der Waals surface area contributed by atoms with Crippen LogP contribution in [0.5, 0.6) is 0 Å².